The van der Waals surface area contributed by atoms with Gasteiger partial charge in [-0.1, -0.05) is 37.3 Å². The highest BCUT2D eigenvalue weighted by Crippen LogP contribution is 2.01. The van der Waals surface area contributed by atoms with Gasteiger partial charge >= 0.3 is 5.97 Å². The summed E-state index contributed by atoms with van der Waals surface area (Å²) in [5.74, 6) is -0.208. The highest BCUT2D eigenvalue weighted by Gasteiger charge is 2.12. The first kappa shape index (κ1) is 11.7. The molecule has 0 heterocycles. The van der Waals surface area contributed by atoms with Gasteiger partial charge in [0.25, 0.3) is 0 Å². The van der Waals surface area contributed by atoms with Gasteiger partial charge in [-0.25, -0.2) is 0 Å². The van der Waals surface area contributed by atoms with Crippen molar-refractivity contribution in [3.05, 3.63) is 35.9 Å². The normalized spacial score (nSPS) is 12.1. The van der Waals surface area contributed by atoms with E-state index in [1.54, 1.807) is 6.92 Å². The summed E-state index contributed by atoms with van der Waals surface area (Å²) < 4.78 is 5.14. The number of hydrogen-bond acceptors (Lipinski definition) is 3. The van der Waals surface area contributed by atoms with E-state index in [1.165, 1.54) is 0 Å². The van der Waals surface area contributed by atoms with Crippen molar-refractivity contribution in [3.8, 4) is 0 Å². The van der Waals surface area contributed by atoms with E-state index in [-0.39, 0.29) is 12.0 Å². The molecule has 0 bridgehead atoms. The molecule has 0 aliphatic carbocycles. The van der Waals surface area contributed by atoms with Gasteiger partial charge in [0.05, 0.1) is 0 Å². The van der Waals surface area contributed by atoms with Gasteiger partial charge in [-0.15, -0.1) is 0 Å². The molecule has 0 spiro atoms. The van der Waals surface area contributed by atoms with Crippen molar-refractivity contribution in [3.63, 3.8) is 0 Å². The van der Waals surface area contributed by atoms with Crippen LogP contribution in [0, 0.1) is 0 Å². The molecule has 0 aromatic heterocycles. The van der Waals surface area contributed by atoms with Crippen molar-refractivity contribution in [2.24, 2.45) is 0 Å². The van der Waals surface area contributed by atoms with Gasteiger partial charge in [0, 0.05) is 0 Å². The molecule has 1 atom stereocenters. The summed E-state index contributed by atoms with van der Waals surface area (Å²) in [6, 6.07) is 9.43. The Hall–Kier alpha value is -1.35. The van der Waals surface area contributed by atoms with Gasteiger partial charge in [0.15, 0.2) is 0 Å². The maximum absolute atomic E-state index is 11.4. The van der Waals surface area contributed by atoms with E-state index >= 15 is 0 Å². The minimum Gasteiger partial charge on any atom is -0.460 e. The number of ether oxygens (including phenoxy) is 1. The Morgan fingerprint density at radius 3 is 2.67 bits per heavy atom. The highest BCUT2D eigenvalue weighted by atomic mass is 16.5. The summed E-state index contributed by atoms with van der Waals surface area (Å²) in [5, 5.41) is 3.01. The van der Waals surface area contributed by atoms with Gasteiger partial charge in [0.2, 0.25) is 0 Å². The second-order valence-corrected chi connectivity index (χ2v) is 3.37. The molecule has 0 amide bonds. The Balaban J connectivity index is 2.34. The van der Waals surface area contributed by atoms with Crippen LogP contribution in [0.2, 0.25) is 0 Å². The lowest BCUT2D eigenvalue weighted by Gasteiger charge is -2.11. The van der Waals surface area contributed by atoms with Crippen LogP contribution in [-0.2, 0) is 16.1 Å². The second-order valence-electron chi connectivity index (χ2n) is 3.37. The third-order valence-electron chi connectivity index (χ3n) is 2.09. The van der Waals surface area contributed by atoms with Gasteiger partial charge < -0.3 is 10.1 Å². The molecule has 1 N–H and O–H groups in total. The maximum atomic E-state index is 11.4. The number of carbonyl (C=O) groups is 1. The minimum atomic E-state index is -0.237. The fourth-order valence-electron chi connectivity index (χ4n) is 1.24. The molecule has 0 saturated carbocycles. The zero-order valence-electron chi connectivity index (χ0n) is 9.19. The van der Waals surface area contributed by atoms with Crippen LogP contribution in [0.15, 0.2) is 30.3 Å². The van der Waals surface area contributed by atoms with Crippen LogP contribution in [0.4, 0.5) is 0 Å². The molecule has 0 aliphatic rings. The van der Waals surface area contributed by atoms with Gasteiger partial charge in [-0.05, 0) is 19.0 Å². The first-order chi connectivity index (χ1) is 7.24. The molecular weight excluding hydrogens is 190 g/mol. The lowest BCUT2D eigenvalue weighted by molar-refractivity contribution is -0.147. The number of rotatable bonds is 5. The summed E-state index contributed by atoms with van der Waals surface area (Å²) in [4.78, 5) is 11.4. The number of nitrogens with one attached hydrogen (secondary N) is 1. The van der Waals surface area contributed by atoms with Gasteiger partial charge in [-0.3, -0.25) is 4.79 Å². The van der Waals surface area contributed by atoms with Crippen LogP contribution in [0.25, 0.3) is 0 Å². The molecule has 0 aliphatic heterocycles. The van der Waals surface area contributed by atoms with E-state index in [0.717, 1.165) is 12.1 Å². The zero-order chi connectivity index (χ0) is 11.1. The van der Waals surface area contributed by atoms with Crippen LogP contribution < -0.4 is 5.32 Å². The molecule has 1 aromatic rings. The van der Waals surface area contributed by atoms with Crippen molar-refractivity contribution in [2.75, 3.05) is 6.54 Å². The van der Waals surface area contributed by atoms with E-state index in [9.17, 15) is 4.79 Å². The van der Waals surface area contributed by atoms with Crippen LogP contribution in [0.1, 0.15) is 19.4 Å². The highest BCUT2D eigenvalue weighted by molar-refractivity contribution is 5.75. The Kier molecular flexibility index (Phi) is 4.84. The SMILES string of the molecule is CCNC(C)C(=O)OCc1ccccc1. The fourth-order valence-corrected chi connectivity index (χ4v) is 1.24. The zero-order valence-corrected chi connectivity index (χ0v) is 9.19. The van der Waals surface area contributed by atoms with Gasteiger partial charge in [0.1, 0.15) is 12.6 Å². The molecule has 3 heteroatoms. The summed E-state index contributed by atoms with van der Waals surface area (Å²) in [5.41, 5.74) is 1.01. The van der Waals surface area contributed by atoms with E-state index in [0.29, 0.717) is 6.61 Å². The Labute approximate surface area is 90.4 Å². The largest absolute Gasteiger partial charge is 0.460 e. The van der Waals surface area contributed by atoms with E-state index < -0.39 is 0 Å². The summed E-state index contributed by atoms with van der Waals surface area (Å²) in [6.07, 6.45) is 0. The van der Waals surface area contributed by atoms with Crippen LogP contribution in [-0.4, -0.2) is 18.6 Å². The number of carbonyl (C=O) groups excluding carboxylic acids is 1. The Morgan fingerprint density at radius 1 is 1.40 bits per heavy atom. The average Bonchev–Trinajstić information content (AvgIpc) is 2.27. The number of esters is 1. The second kappa shape index (κ2) is 6.19. The number of likely N-dealkylation sites (N-methyl/N-ethyl adjacent to an activating group) is 1. The fraction of sp³-hybridized carbons (Fsp3) is 0.417. The molecule has 82 valence electrons. The first-order valence-electron chi connectivity index (χ1n) is 5.18. The molecule has 0 saturated heterocycles. The molecule has 0 radical (unpaired) electrons. The van der Waals surface area contributed by atoms with Crippen LogP contribution in [0.3, 0.4) is 0 Å². The third-order valence-corrected chi connectivity index (χ3v) is 2.09. The van der Waals surface area contributed by atoms with Crippen molar-refractivity contribution < 1.29 is 9.53 Å². The minimum absolute atomic E-state index is 0.208. The van der Waals surface area contributed by atoms with Crippen molar-refractivity contribution in [1.82, 2.24) is 5.32 Å². The Bertz CT molecular complexity index is 298. The summed E-state index contributed by atoms with van der Waals surface area (Å²) in [6.45, 7) is 4.87. The summed E-state index contributed by atoms with van der Waals surface area (Å²) >= 11 is 0. The van der Waals surface area contributed by atoms with E-state index in [2.05, 4.69) is 5.32 Å². The maximum Gasteiger partial charge on any atom is 0.323 e. The van der Waals surface area contributed by atoms with Crippen LogP contribution >= 0.6 is 0 Å². The number of benzene rings is 1. The Morgan fingerprint density at radius 2 is 2.07 bits per heavy atom. The lowest BCUT2D eigenvalue weighted by Crippen LogP contribution is -2.34. The predicted molar refractivity (Wildman–Crippen MR) is 59.4 cm³/mol. The monoisotopic (exact) mass is 207 g/mol. The molecule has 0 fully saturated rings. The topological polar surface area (TPSA) is 38.3 Å². The quantitative estimate of drug-likeness (QED) is 0.747. The molecule has 15 heavy (non-hydrogen) atoms. The van der Waals surface area contributed by atoms with Crippen molar-refractivity contribution in [1.29, 1.82) is 0 Å². The average molecular weight is 207 g/mol. The lowest BCUT2D eigenvalue weighted by atomic mass is 10.2. The molecular formula is C12H17NO2. The van der Waals surface area contributed by atoms with E-state index in [4.69, 9.17) is 4.74 Å². The van der Waals surface area contributed by atoms with Gasteiger partial charge in [-0.2, -0.15) is 0 Å². The summed E-state index contributed by atoms with van der Waals surface area (Å²) in [7, 11) is 0. The number of hydrogen-bond donors (Lipinski definition) is 1. The predicted octanol–water partition coefficient (Wildman–Crippen LogP) is 1.73. The third kappa shape index (κ3) is 4.13. The molecule has 1 unspecified atom stereocenters. The molecule has 3 nitrogen and oxygen atoms in total. The standard InChI is InChI=1S/C12H17NO2/c1-3-13-10(2)12(14)15-9-11-7-5-4-6-8-11/h4-8,10,13H,3,9H2,1-2H3. The van der Waals surface area contributed by atoms with Crippen molar-refractivity contribution >= 4 is 5.97 Å². The van der Waals surface area contributed by atoms with Crippen molar-refractivity contribution in [2.45, 2.75) is 26.5 Å². The molecule has 1 rings (SSSR count). The van der Waals surface area contributed by atoms with E-state index in [1.807, 2.05) is 37.3 Å². The first-order valence-corrected chi connectivity index (χ1v) is 5.18. The molecule has 1 aromatic carbocycles. The van der Waals surface area contributed by atoms with Crippen LogP contribution in [0.5, 0.6) is 0 Å². The smallest absolute Gasteiger partial charge is 0.323 e.